The number of rotatable bonds is 7. The van der Waals surface area contributed by atoms with Gasteiger partial charge in [0.15, 0.2) is 5.96 Å². The van der Waals surface area contributed by atoms with Gasteiger partial charge in [-0.25, -0.2) is 8.42 Å². The fourth-order valence-corrected chi connectivity index (χ4v) is 4.59. The lowest BCUT2D eigenvalue weighted by atomic mass is 9.88. The lowest BCUT2D eigenvalue weighted by Gasteiger charge is -2.32. The summed E-state index contributed by atoms with van der Waals surface area (Å²) >= 11 is 0. The first-order valence-electron chi connectivity index (χ1n) is 10.1. The van der Waals surface area contributed by atoms with Crippen LogP contribution in [0, 0.1) is 11.8 Å². The van der Waals surface area contributed by atoms with E-state index in [0.717, 1.165) is 0 Å². The lowest BCUT2D eigenvalue weighted by molar-refractivity contribution is -0.0496. The Morgan fingerprint density at radius 3 is 2.23 bits per heavy atom. The molecule has 1 aliphatic rings. The van der Waals surface area contributed by atoms with Crippen LogP contribution in [0.2, 0.25) is 0 Å². The predicted octanol–water partition coefficient (Wildman–Crippen LogP) is 3.77. The summed E-state index contributed by atoms with van der Waals surface area (Å²) in [5.41, 5.74) is -4.00. The van der Waals surface area contributed by atoms with Crippen molar-refractivity contribution in [3.8, 4) is 0 Å². The van der Waals surface area contributed by atoms with Gasteiger partial charge in [0.2, 0.25) is 0 Å². The number of alkyl halides is 3. The highest BCUT2D eigenvalue weighted by Gasteiger charge is 2.50. The second-order valence-electron chi connectivity index (χ2n) is 7.89. The van der Waals surface area contributed by atoms with Gasteiger partial charge in [-0.05, 0) is 30.2 Å². The average molecular weight is 576 g/mol. The van der Waals surface area contributed by atoms with Gasteiger partial charge in [-0.1, -0.05) is 44.2 Å². The van der Waals surface area contributed by atoms with Gasteiger partial charge < -0.3 is 10.6 Å². The molecule has 1 aromatic carbocycles. The first kappa shape index (κ1) is 28.0. The molecule has 1 unspecified atom stereocenters. The fourth-order valence-electron chi connectivity index (χ4n) is 3.61. The highest BCUT2D eigenvalue weighted by molar-refractivity contribution is 14.0. The molecule has 1 aliphatic heterocycles. The third kappa shape index (κ3) is 7.77. The van der Waals surface area contributed by atoms with Crippen LogP contribution >= 0.6 is 24.0 Å². The van der Waals surface area contributed by atoms with E-state index in [4.69, 9.17) is 0 Å². The van der Waals surface area contributed by atoms with Crippen molar-refractivity contribution in [1.82, 2.24) is 14.9 Å². The third-order valence-electron chi connectivity index (χ3n) is 5.51. The van der Waals surface area contributed by atoms with Crippen molar-refractivity contribution in [1.29, 1.82) is 0 Å². The van der Waals surface area contributed by atoms with Gasteiger partial charge in [0.1, 0.15) is 0 Å². The van der Waals surface area contributed by atoms with Crippen molar-refractivity contribution in [2.24, 2.45) is 16.8 Å². The standard InChI is InChI=1S/C20H31F3N4O2S.HI/c1-15(2)18(17-7-5-4-6-8-17)14-26-19(24-3)25-13-16-9-11-27(12-10-16)30(28,29)20(21,22)23;/h4-8,15-16,18H,9-14H2,1-3H3,(H2,24,25,26);1H. The van der Waals surface area contributed by atoms with E-state index in [2.05, 4.69) is 41.6 Å². The number of aliphatic imine (C=N–C) groups is 1. The maximum absolute atomic E-state index is 12.7. The van der Waals surface area contributed by atoms with E-state index in [1.807, 2.05) is 18.2 Å². The molecule has 31 heavy (non-hydrogen) atoms. The minimum Gasteiger partial charge on any atom is -0.356 e. The summed E-state index contributed by atoms with van der Waals surface area (Å²) in [6.07, 6.45) is 0.746. The van der Waals surface area contributed by atoms with Crippen LogP contribution in [0.15, 0.2) is 35.3 Å². The van der Waals surface area contributed by atoms with Crippen LogP contribution in [0.25, 0.3) is 0 Å². The van der Waals surface area contributed by atoms with Gasteiger partial charge in [-0.15, -0.1) is 24.0 Å². The molecule has 2 N–H and O–H groups in total. The molecule has 0 saturated carbocycles. The molecular formula is C20H32F3IN4O2S. The summed E-state index contributed by atoms with van der Waals surface area (Å²) in [6.45, 7) is 5.31. The number of hydrogen-bond acceptors (Lipinski definition) is 3. The van der Waals surface area contributed by atoms with Crippen molar-refractivity contribution in [3.63, 3.8) is 0 Å². The average Bonchev–Trinajstić information content (AvgIpc) is 2.70. The summed E-state index contributed by atoms with van der Waals surface area (Å²) in [5.74, 6) is 1.44. The summed E-state index contributed by atoms with van der Waals surface area (Å²) in [5, 5.41) is 6.54. The monoisotopic (exact) mass is 576 g/mol. The zero-order chi connectivity index (χ0) is 22.4. The topological polar surface area (TPSA) is 73.8 Å². The van der Waals surface area contributed by atoms with Crippen LogP contribution < -0.4 is 10.6 Å². The number of nitrogens with one attached hydrogen (secondary N) is 2. The van der Waals surface area contributed by atoms with E-state index >= 15 is 0 Å². The largest absolute Gasteiger partial charge is 0.511 e. The second kappa shape index (κ2) is 12.2. The second-order valence-corrected chi connectivity index (χ2v) is 9.82. The fraction of sp³-hybridized carbons (Fsp3) is 0.650. The Morgan fingerprint density at radius 1 is 1.16 bits per heavy atom. The quantitative estimate of drug-likeness (QED) is 0.295. The molecule has 0 spiro atoms. The molecule has 1 aromatic rings. The zero-order valence-electron chi connectivity index (χ0n) is 18.0. The van der Waals surface area contributed by atoms with Crippen LogP contribution in [0.5, 0.6) is 0 Å². The highest BCUT2D eigenvalue weighted by atomic mass is 127. The molecule has 1 heterocycles. The molecule has 1 fully saturated rings. The Balaban J connectivity index is 0.00000480. The molecule has 11 heteroatoms. The van der Waals surface area contributed by atoms with E-state index in [9.17, 15) is 21.6 Å². The Kier molecular flexibility index (Phi) is 11.0. The van der Waals surface area contributed by atoms with Crippen molar-refractivity contribution in [3.05, 3.63) is 35.9 Å². The smallest absolute Gasteiger partial charge is 0.356 e. The number of nitrogens with zero attached hydrogens (tertiary/aromatic N) is 2. The Bertz CT molecular complexity index is 796. The van der Waals surface area contributed by atoms with Crippen LogP contribution in [-0.2, 0) is 10.0 Å². The maximum atomic E-state index is 12.7. The van der Waals surface area contributed by atoms with E-state index < -0.39 is 15.5 Å². The number of benzene rings is 1. The molecule has 1 saturated heterocycles. The van der Waals surface area contributed by atoms with E-state index in [1.165, 1.54) is 5.56 Å². The third-order valence-corrected chi connectivity index (χ3v) is 7.14. The van der Waals surface area contributed by atoms with Crippen molar-refractivity contribution >= 4 is 40.0 Å². The minimum absolute atomic E-state index is 0. The Labute approximate surface area is 200 Å². The number of guanidine groups is 1. The number of sulfonamides is 1. The molecule has 0 bridgehead atoms. The number of hydrogen-bond donors (Lipinski definition) is 2. The zero-order valence-corrected chi connectivity index (χ0v) is 21.2. The van der Waals surface area contributed by atoms with Crippen molar-refractivity contribution in [2.45, 2.75) is 38.1 Å². The van der Waals surface area contributed by atoms with Crippen LogP contribution in [0.1, 0.15) is 38.2 Å². The van der Waals surface area contributed by atoms with E-state index in [1.54, 1.807) is 7.05 Å². The highest BCUT2D eigenvalue weighted by Crippen LogP contribution is 2.30. The van der Waals surface area contributed by atoms with Crippen molar-refractivity contribution in [2.75, 3.05) is 33.2 Å². The Morgan fingerprint density at radius 2 is 1.74 bits per heavy atom. The van der Waals surface area contributed by atoms with E-state index in [0.29, 0.717) is 48.0 Å². The molecule has 0 amide bonds. The van der Waals surface area contributed by atoms with Crippen LogP contribution in [0.3, 0.4) is 0 Å². The molecule has 2 rings (SSSR count). The normalized spacial score (nSPS) is 17.8. The van der Waals surface area contributed by atoms with Gasteiger partial charge in [-0.2, -0.15) is 17.5 Å². The van der Waals surface area contributed by atoms with Crippen LogP contribution in [-0.4, -0.2) is 57.4 Å². The number of halogens is 4. The molecule has 1 atom stereocenters. The van der Waals surface area contributed by atoms with Gasteiger partial charge in [-0.3, -0.25) is 4.99 Å². The molecule has 0 radical (unpaired) electrons. The van der Waals surface area contributed by atoms with E-state index in [-0.39, 0.29) is 43.0 Å². The number of piperidine rings is 1. The van der Waals surface area contributed by atoms with Gasteiger partial charge in [0.25, 0.3) is 0 Å². The summed E-state index contributed by atoms with van der Waals surface area (Å²) in [6, 6.07) is 10.2. The maximum Gasteiger partial charge on any atom is 0.511 e. The molecule has 6 nitrogen and oxygen atoms in total. The van der Waals surface area contributed by atoms with Crippen molar-refractivity contribution < 1.29 is 21.6 Å². The first-order valence-corrected chi connectivity index (χ1v) is 11.6. The molecule has 178 valence electrons. The summed E-state index contributed by atoms with van der Waals surface area (Å²) in [4.78, 5) is 4.22. The summed E-state index contributed by atoms with van der Waals surface area (Å²) in [7, 11) is -3.57. The Hall–Kier alpha value is -1.08. The first-order chi connectivity index (χ1) is 14.1. The molecular weight excluding hydrogens is 544 g/mol. The lowest BCUT2D eigenvalue weighted by Crippen LogP contribution is -2.47. The molecule has 0 aliphatic carbocycles. The SMILES string of the molecule is CN=C(NCC1CCN(S(=O)(=O)C(F)(F)F)CC1)NCC(c1ccccc1)C(C)C.I. The minimum atomic E-state index is -5.24. The van der Waals surface area contributed by atoms with Gasteiger partial charge in [0, 0.05) is 39.1 Å². The van der Waals surface area contributed by atoms with Gasteiger partial charge >= 0.3 is 15.5 Å². The molecule has 0 aromatic heterocycles. The van der Waals surface area contributed by atoms with Gasteiger partial charge in [0.05, 0.1) is 0 Å². The van der Waals surface area contributed by atoms with Crippen LogP contribution in [0.4, 0.5) is 13.2 Å². The predicted molar refractivity (Wildman–Crippen MR) is 128 cm³/mol. The summed E-state index contributed by atoms with van der Waals surface area (Å²) < 4.78 is 61.6.